The van der Waals surface area contributed by atoms with E-state index in [4.69, 9.17) is 0 Å². The molecule has 1 fully saturated rings. The van der Waals surface area contributed by atoms with Gasteiger partial charge in [-0.2, -0.15) is 5.10 Å². The maximum Gasteiger partial charge on any atom is 0.225 e. The van der Waals surface area contributed by atoms with Crippen molar-refractivity contribution in [2.24, 2.45) is 13.0 Å². The lowest BCUT2D eigenvalue weighted by Gasteiger charge is -2.24. The monoisotopic (exact) mass is 316 g/mol. The minimum Gasteiger partial charge on any atom is -0.354 e. The first kappa shape index (κ1) is 15.7. The van der Waals surface area contributed by atoms with Gasteiger partial charge in [0, 0.05) is 39.1 Å². The molecule has 0 atom stereocenters. The standard InChI is InChI=1S/C16H24N6O/c1-11(2)16(23)22-7-5-6-21(8-9-22)15-13-10-17-20(4)14(13)18-12(3)19-15/h10-11H,5-9H2,1-4H3. The average Bonchev–Trinajstić information content (AvgIpc) is 2.75. The number of amides is 1. The van der Waals surface area contributed by atoms with Gasteiger partial charge in [0.15, 0.2) is 5.65 Å². The third-order valence-corrected chi connectivity index (χ3v) is 4.28. The van der Waals surface area contributed by atoms with Crippen molar-refractivity contribution in [1.82, 2.24) is 24.6 Å². The Morgan fingerprint density at radius 2 is 1.96 bits per heavy atom. The summed E-state index contributed by atoms with van der Waals surface area (Å²) in [6, 6.07) is 0. The van der Waals surface area contributed by atoms with Gasteiger partial charge in [-0.1, -0.05) is 13.8 Å². The Kier molecular flexibility index (Phi) is 4.19. The van der Waals surface area contributed by atoms with Gasteiger partial charge in [-0.25, -0.2) is 9.97 Å². The maximum atomic E-state index is 12.2. The van der Waals surface area contributed by atoms with Gasteiger partial charge in [-0.3, -0.25) is 9.48 Å². The molecule has 1 saturated heterocycles. The van der Waals surface area contributed by atoms with E-state index in [0.717, 1.165) is 55.3 Å². The first-order chi connectivity index (χ1) is 11.0. The molecule has 1 aliphatic rings. The molecule has 2 aromatic heterocycles. The molecule has 3 heterocycles. The molecule has 2 aromatic rings. The third-order valence-electron chi connectivity index (χ3n) is 4.28. The zero-order valence-electron chi connectivity index (χ0n) is 14.3. The van der Waals surface area contributed by atoms with Crippen LogP contribution in [-0.4, -0.2) is 56.7 Å². The lowest BCUT2D eigenvalue weighted by molar-refractivity contribution is -0.134. The molecule has 0 N–H and O–H groups in total. The number of hydrogen-bond acceptors (Lipinski definition) is 5. The molecule has 0 aliphatic carbocycles. The second kappa shape index (κ2) is 6.14. The predicted molar refractivity (Wildman–Crippen MR) is 89.3 cm³/mol. The summed E-state index contributed by atoms with van der Waals surface area (Å²) in [6.45, 7) is 9.05. The highest BCUT2D eigenvalue weighted by Crippen LogP contribution is 2.24. The van der Waals surface area contributed by atoms with Crippen molar-refractivity contribution in [2.45, 2.75) is 27.2 Å². The normalized spacial score (nSPS) is 16.2. The van der Waals surface area contributed by atoms with Crippen LogP contribution in [0.3, 0.4) is 0 Å². The average molecular weight is 316 g/mol. The SMILES string of the molecule is Cc1nc(N2CCCN(C(=O)C(C)C)CC2)c2cnn(C)c2n1. The Hall–Kier alpha value is -2.18. The molecule has 0 unspecified atom stereocenters. The van der Waals surface area contributed by atoms with Crippen LogP contribution >= 0.6 is 0 Å². The summed E-state index contributed by atoms with van der Waals surface area (Å²) in [4.78, 5) is 25.6. The number of hydrogen-bond donors (Lipinski definition) is 0. The van der Waals surface area contributed by atoms with Gasteiger partial charge < -0.3 is 9.80 Å². The van der Waals surface area contributed by atoms with E-state index < -0.39 is 0 Å². The Bertz CT molecular complexity index is 723. The Labute approximate surface area is 136 Å². The Morgan fingerprint density at radius 3 is 2.70 bits per heavy atom. The second-order valence-corrected chi connectivity index (χ2v) is 6.42. The number of carbonyl (C=O) groups excluding carboxylic acids is 1. The van der Waals surface area contributed by atoms with E-state index in [1.807, 2.05) is 38.9 Å². The van der Waals surface area contributed by atoms with Crippen LogP contribution in [0.25, 0.3) is 11.0 Å². The van der Waals surface area contributed by atoms with Gasteiger partial charge in [0.25, 0.3) is 0 Å². The Balaban J connectivity index is 1.87. The second-order valence-electron chi connectivity index (χ2n) is 6.42. The number of rotatable bonds is 2. The first-order valence-corrected chi connectivity index (χ1v) is 8.17. The number of aryl methyl sites for hydroxylation is 2. The van der Waals surface area contributed by atoms with Crippen LogP contribution in [0.15, 0.2) is 6.20 Å². The molecular weight excluding hydrogens is 292 g/mol. The topological polar surface area (TPSA) is 67.2 Å². The quantitative estimate of drug-likeness (QED) is 0.837. The van der Waals surface area contributed by atoms with Crippen LogP contribution in [0.2, 0.25) is 0 Å². The molecule has 23 heavy (non-hydrogen) atoms. The van der Waals surface area contributed by atoms with Crippen molar-refractivity contribution in [1.29, 1.82) is 0 Å². The lowest BCUT2D eigenvalue weighted by Crippen LogP contribution is -2.37. The molecule has 0 radical (unpaired) electrons. The summed E-state index contributed by atoms with van der Waals surface area (Å²) in [6.07, 6.45) is 2.77. The summed E-state index contributed by atoms with van der Waals surface area (Å²) in [5.41, 5.74) is 0.854. The van der Waals surface area contributed by atoms with Gasteiger partial charge in [0.05, 0.1) is 11.6 Å². The summed E-state index contributed by atoms with van der Waals surface area (Å²) in [5.74, 6) is 1.96. The minimum atomic E-state index is 0.0490. The molecule has 124 valence electrons. The lowest BCUT2D eigenvalue weighted by atomic mass is 10.2. The zero-order valence-corrected chi connectivity index (χ0v) is 14.3. The van der Waals surface area contributed by atoms with E-state index in [1.165, 1.54) is 0 Å². The molecule has 3 rings (SSSR count). The number of carbonyl (C=O) groups is 1. The Morgan fingerprint density at radius 1 is 1.17 bits per heavy atom. The summed E-state index contributed by atoms with van der Waals surface area (Å²) < 4.78 is 1.78. The summed E-state index contributed by atoms with van der Waals surface area (Å²) in [7, 11) is 1.89. The van der Waals surface area contributed by atoms with Crippen molar-refractivity contribution in [2.75, 3.05) is 31.1 Å². The van der Waals surface area contributed by atoms with E-state index >= 15 is 0 Å². The molecule has 0 spiro atoms. The number of fused-ring (bicyclic) bond motifs is 1. The highest BCUT2D eigenvalue weighted by atomic mass is 16.2. The fourth-order valence-corrected chi connectivity index (χ4v) is 3.07. The number of anilines is 1. The maximum absolute atomic E-state index is 12.2. The van der Waals surface area contributed by atoms with Crippen LogP contribution < -0.4 is 4.90 Å². The van der Waals surface area contributed by atoms with E-state index in [1.54, 1.807) is 4.68 Å². The summed E-state index contributed by atoms with van der Waals surface area (Å²) >= 11 is 0. The fraction of sp³-hybridized carbons (Fsp3) is 0.625. The van der Waals surface area contributed by atoms with E-state index in [2.05, 4.69) is 20.0 Å². The zero-order chi connectivity index (χ0) is 16.6. The van der Waals surface area contributed by atoms with Crippen molar-refractivity contribution >= 4 is 22.8 Å². The fourth-order valence-electron chi connectivity index (χ4n) is 3.07. The van der Waals surface area contributed by atoms with Crippen molar-refractivity contribution in [3.05, 3.63) is 12.0 Å². The smallest absolute Gasteiger partial charge is 0.225 e. The molecule has 0 aromatic carbocycles. The molecule has 0 bridgehead atoms. The van der Waals surface area contributed by atoms with Crippen molar-refractivity contribution in [3.63, 3.8) is 0 Å². The molecule has 7 nitrogen and oxygen atoms in total. The van der Waals surface area contributed by atoms with Crippen LogP contribution in [0.4, 0.5) is 5.82 Å². The molecule has 1 amide bonds. The van der Waals surface area contributed by atoms with Crippen LogP contribution in [0.5, 0.6) is 0 Å². The number of aromatic nitrogens is 4. The van der Waals surface area contributed by atoms with Crippen molar-refractivity contribution in [3.8, 4) is 0 Å². The minimum absolute atomic E-state index is 0.0490. The predicted octanol–water partition coefficient (Wildman–Crippen LogP) is 1.37. The summed E-state index contributed by atoms with van der Waals surface area (Å²) in [5, 5.41) is 5.28. The highest BCUT2D eigenvalue weighted by Gasteiger charge is 2.23. The van der Waals surface area contributed by atoms with Gasteiger partial charge in [-0.05, 0) is 13.3 Å². The van der Waals surface area contributed by atoms with Crippen LogP contribution in [-0.2, 0) is 11.8 Å². The molecular formula is C16H24N6O. The highest BCUT2D eigenvalue weighted by molar-refractivity contribution is 5.87. The van der Waals surface area contributed by atoms with E-state index in [-0.39, 0.29) is 11.8 Å². The molecule has 1 aliphatic heterocycles. The van der Waals surface area contributed by atoms with Gasteiger partial charge >= 0.3 is 0 Å². The van der Waals surface area contributed by atoms with Gasteiger partial charge in [0.2, 0.25) is 5.91 Å². The third kappa shape index (κ3) is 3.00. The number of nitrogens with zero attached hydrogens (tertiary/aromatic N) is 6. The van der Waals surface area contributed by atoms with E-state index in [0.29, 0.717) is 0 Å². The molecule has 0 saturated carbocycles. The molecule has 7 heteroatoms. The van der Waals surface area contributed by atoms with Crippen molar-refractivity contribution < 1.29 is 4.79 Å². The first-order valence-electron chi connectivity index (χ1n) is 8.17. The van der Waals surface area contributed by atoms with Gasteiger partial charge in [0.1, 0.15) is 11.6 Å². The van der Waals surface area contributed by atoms with E-state index in [9.17, 15) is 4.79 Å². The van der Waals surface area contributed by atoms with Crippen LogP contribution in [0.1, 0.15) is 26.1 Å². The van der Waals surface area contributed by atoms with Crippen LogP contribution in [0, 0.1) is 12.8 Å². The van der Waals surface area contributed by atoms with Gasteiger partial charge in [-0.15, -0.1) is 0 Å². The largest absolute Gasteiger partial charge is 0.354 e.